The third kappa shape index (κ3) is 7.65. The molecule has 0 aromatic carbocycles. The molecule has 0 bridgehead atoms. The van der Waals surface area contributed by atoms with Gasteiger partial charge in [-0.25, -0.2) is 4.79 Å². The molecule has 2 N–H and O–H groups in total. The average molecular weight is 199 g/mol. The lowest BCUT2D eigenvalue weighted by Crippen LogP contribution is -2.20. The molecular formula is C11H21NO2. The monoisotopic (exact) mass is 199 g/mol. The van der Waals surface area contributed by atoms with Crippen molar-refractivity contribution in [2.45, 2.75) is 45.4 Å². The fourth-order valence-corrected chi connectivity index (χ4v) is 1.22. The summed E-state index contributed by atoms with van der Waals surface area (Å²) in [4.78, 5) is 10.3. The first-order chi connectivity index (χ1) is 6.68. The zero-order valence-electron chi connectivity index (χ0n) is 9.01. The van der Waals surface area contributed by atoms with Crippen molar-refractivity contribution in [3.8, 4) is 0 Å². The van der Waals surface area contributed by atoms with Crippen LogP contribution in [0.3, 0.4) is 0 Å². The van der Waals surface area contributed by atoms with Crippen LogP contribution >= 0.6 is 0 Å². The smallest absolute Gasteiger partial charge is 0.351 e. The number of hydrogen-bond donors (Lipinski definition) is 2. The fourth-order valence-electron chi connectivity index (χ4n) is 1.22. The minimum atomic E-state index is -0.962. The van der Waals surface area contributed by atoms with Gasteiger partial charge in [-0.1, -0.05) is 45.6 Å². The Bertz CT molecular complexity index is 178. The molecule has 0 saturated carbocycles. The van der Waals surface area contributed by atoms with E-state index in [0.29, 0.717) is 0 Å². The first kappa shape index (κ1) is 13.0. The molecule has 0 aliphatic carbocycles. The molecule has 0 aliphatic heterocycles. The van der Waals surface area contributed by atoms with Crippen molar-refractivity contribution < 1.29 is 9.90 Å². The quantitative estimate of drug-likeness (QED) is 0.443. The first-order valence-electron chi connectivity index (χ1n) is 5.34. The van der Waals surface area contributed by atoms with E-state index < -0.39 is 5.97 Å². The molecule has 0 radical (unpaired) electrons. The topological polar surface area (TPSA) is 49.3 Å². The molecule has 0 amide bonds. The molecule has 0 unspecified atom stereocenters. The highest BCUT2D eigenvalue weighted by Crippen LogP contribution is 2.04. The van der Waals surface area contributed by atoms with Gasteiger partial charge in [-0.15, -0.1) is 0 Å². The summed E-state index contributed by atoms with van der Waals surface area (Å²) in [5, 5.41) is 11.3. The minimum Gasteiger partial charge on any atom is -0.477 e. The molecule has 14 heavy (non-hydrogen) atoms. The lowest BCUT2D eigenvalue weighted by Gasteiger charge is -2.04. The van der Waals surface area contributed by atoms with Crippen LogP contribution in [-0.2, 0) is 4.79 Å². The van der Waals surface area contributed by atoms with Crippen molar-refractivity contribution in [1.82, 2.24) is 5.32 Å². The summed E-state index contributed by atoms with van der Waals surface area (Å²) >= 11 is 0. The van der Waals surface area contributed by atoms with Gasteiger partial charge >= 0.3 is 5.97 Å². The SMILES string of the molecule is C=C(NCCCCCCCC)C(=O)O. The van der Waals surface area contributed by atoms with Gasteiger partial charge < -0.3 is 10.4 Å². The summed E-state index contributed by atoms with van der Waals surface area (Å²) in [7, 11) is 0. The Morgan fingerprint density at radius 1 is 1.21 bits per heavy atom. The van der Waals surface area contributed by atoms with E-state index in [1.807, 2.05) is 0 Å². The van der Waals surface area contributed by atoms with E-state index in [4.69, 9.17) is 5.11 Å². The molecule has 0 heterocycles. The van der Waals surface area contributed by atoms with Crippen molar-refractivity contribution in [2.75, 3.05) is 6.54 Å². The highest BCUT2D eigenvalue weighted by Gasteiger charge is 2.00. The maximum Gasteiger partial charge on any atom is 0.351 e. The van der Waals surface area contributed by atoms with Gasteiger partial charge in [0.15, 0.2) is 0 Å². The molecule has 0 atom stereocenters. The van der Waals surface area contributed by atoms with Crippen molar-refractivity contribution in [1.29, 1.82) is 0 Å². The molecule has 0 fully saturated rings. The standard InChI is InChI=1S/C11H21NO2/c1-3-4-5-6-7-8-9-12-10(2)11(13)14/h12H,2-9H2,1H3,(H,13,14). The molecule has 0 aromatic rings. The average Bonchev–Trinajstić information content (AvgIpc) is 2.16. The predicted octanol–water partition coefficient (Wildman–Crippen LogP) is 2.53. The van der Waals surface area contributed by atoms with Gasteiger partial charge in [0.05, 0.1) is 0 Å². The van der Waals surface area contributed by atoms with Crippen LogP contribution in [0.2, 0.25) is 0 Å². The largest absolute Gasteiger partial charge is 0.477 e. The van der Waals surface area contributed by atoms with Crippen LogP contribution in [0, 0.1) is 0 Å². The number of unbranched alkanes of at least 4 members (excludes halogenated alkanes) is 5. The van der Waals surface area contributed by atoms with E-state index in [0.717, 1.165) is 13.0 Å². The third-order valence-electron chi connectivity index (χ3n) is 2.13. The van der Waals surface area contributed by atoms with E-state index in [2.05, 4.69) is 18.8 Å². The Morgan fingerprint density at radius 2 is 1.79 bits per heavy atom. The number of hydrogen-bond acceptors (Lipinski definition) is 2. The van der Waals surface area contributed by atoms with Crippen LogP contribution in [-0.4, -0.2) is 17.6 Å². The summed E-state index contributed by atoms with van der Waals surface area (Å²) in [5.41, 5.74) is 0.0959. The van der Waals surface area contributed by atoms with Crippen molar-refractivity contribution >= 4 is 5.97 Å². The van der Waals surface area contributed by atoms with E-state index in [9.17, 15) is 4.79 Å². The van der Waals surface area contributed by atoms with Gasteiger partial charge in [0, 0.05) is 6.54 Å². The second-order valence-electron chi connectivity index (χ2n) is 3.48. The Kier molecular flexibility index (Phi) is 7.99. The van der Waals surface area contributed by atoms with Crippen LogP contribution in [0.1, 0.15) is 45.4 Å². The predicted molar refractivity (Wildman–Crippen MR) is 58.2 cm³/mol. The Balaban J connectivity index is 3.13. The van der Waals surface area contributed by atoms with E-state index in [1.54, 1.807) is 0 Å². The Labute approximate surface area is 86.2 Å². The van der Waals surface area contributed by atoms with Crippen LogP contribution in [0.4, 0.5) is 0 Å². The summed E-state index contributed by atoms with van der Waals surface area (Å²) in [6.07, 6.45) is 7.28. The van der Waals surface area contributed by atoms with Crippen molar-refractivity contribution in [3.05, 3.63) is 12.3 Å². The zero-order valence-corrected chi connectivity index (χ0v) is 9.01. The van der Waals surface area contributed by atoms with Gasteiger partial charge in [0.1, 0.15) is 5.70 Å². The van der Waals surface area contributed by atoms with Crippen LogP contribution in [0.15, 0.2) is 12.3 Å². The van der Waals surface area contributed by atoms with E-state index in [-0.39, 0.29) is 5.70 Å². The maximum atomic E-state index is 10.3. The lowest BCUT2D eigenvalue weighted by molar-refractivity contribution is -0.133. The number of aliphatic carboxylic acids is 1. The third-order valence-corrected chi connectivity index (χ3v) is 2.13. The van der Waals surface area contributed by atoms with Gasteiger partial charge in [0.25, 0.3) is 0 Å². The molecule has 0 spiro atoms. The lowest BCUT2D eigenvalue weighted by atomic mass is 10.1. The summed E-state index contributed by atoms with van der Waals surface area (Å²) < 4.78 is 0. The van der Waals surface area contributed by atoms with E-state index >= 15 is 0 Å². The number of carbonyl (C=O) groups is 1. The normalized spacial score (nSPS) is 9.79. The first-order valence-corrected chi connectivity index (χ1v) is 5.34. The van der Waals surface area contributed by atoms with Crippen molar-refractivity contribution in [2.24, 2.45) is 0 Å². The molecule has 3 nitrogen and oxygen atoms in total. The van der Waals surface area contributed by atoms with Crippen LogP contribution in [0.25, 0.3) is 0 Å². The summed E-state index contributed by atoms with van der Waals surface area (Å²) in [5.74, 6) is -0.962. The van der Waals surface area contributed by atoms with Gasteiger partial charge in [-0.3, -0.25) is 0 Å². The summed E-state index contributed by atoms with van der Waals surface area (Å²) in [6.45, 7) is 6.30. The second-order valence-corrected chi connectivity index (χ2v) is 3.48. The molecular weight excluding hydrogens is 178 g/mol. The molecule has 0 saturated heterocycles. The number of carboxylic acid groups (broad SMARTS) is 1. The number of rotatable bonds is 9. The Hall–Kier alpha value is -0.990. The zero-order chi connectivity index (χ0) is 10.8. The minimum absolute atomic E-state index is 0.0959. The van der Waals surface area contributed by atoms with E-state index in [1.165, 1.54) is 32.1 Å². The molecule has 0 rings (SSSR count). The number of nitrogens with one attached hydrogen (secondary N) is 1. The second kappa shape index (κ2) is 8.60. The number of carboxylic acids is 1. The fraction of sp³-hybridized carbons (Fsp3) is 0.727. The highest BCUT2D eigenvalue weighted by molar-refractivity contribution is 5.84. The summed E-state index contributed by atoms with van der Waals surface area (Å²) in [6, 6.07) is 0. The van der Waals surface area contributed by atoms with Gasteiger partial charge in [0.2, 0.25) is 0 Å². The molecule has 3 heteroatoms. The molecule has 0 aliphatic rings. The van der Waals surface area contributed by atoms with Crippen molar-refractivity contribution in [3.63, 3.8) is 0 Å². The van der Waals surface area contributed by atoms with Gasteiger partial charge in [-0.2, -0.15) is 0 Å². The highest BCUT2D eigenvalue weighted by atomic mass is 16.4. The Morgan fingerprint density at radius 3 is 2.36 bits per heavy atom. The van der Waals surface area contributed by atoms with Gasteiger partial charge in [-0.05, 0) is 6.42 Å². The maximum absolute atomic E-state index is 10.3. The molecule has 82 valence electrons. The molecule has 0 aromatic heterocycles. The van der Waals surface area contributed by atoms with Crippen LogP contribution < -0.4 is 5.32 Å². The van der Waals surface area contributed by atoms with Crippen LogP contribution in [0.5, 0.6) is 0 Å².